The van der Waals surface area contributed by atoms with E-state index in [0.717, 1.165) is 42.6 Å². The highest BCUT2D eigenvalue weighted by atomic mass is 16.2. The zero-order valence-electron chi connectivity index (χ0n) is 20.6. The lowest BCUT2D eigenvalue weighted by Gasteiger charge is -2.33. The second-order valence-electron chi connectivity index (χ2n) is 9.95. The summed E-state index contributed by atoms with van der Waals surface area (Å²) < 4.78 is 2.00. The Hall–Kier alpha value is -3.41. The van der Waals surface area contributed by atoms with Crippen molar-refractivity contribution in [3.63, 3.8) is 0 Å². The van der Waals surface area contributed by atoms with Crippen LogP contribution in [-0.2, 0) is 17.9 Å². The van der Waals surface area contributed by atoms with Crippen LogP contribution >= 0.6 is 0 Å². The van der Waals surface area contributed by atoms with Crippen molar-refractivity contribution < 1.29 is 9.59 Å². The molecule has 0 spiro atoms. The van der Waals surface area contributed by atoms with Gasteiger partial charge in [0, 0.05) is 29.4 Å². The number of nitrogens with zero attached hydrogens (tertiary/aromatic N) is 3. The van der Waals surface area contributed by atoms with E-state index in [9.17, 15) is 9.59 Å². The van der Waals surface area contributed by atoms with Crippen molar-refractivity contribution in [3.05, 3.63) is 88.7 Å². The largest absolute Gasteiger partial charge is 0.350 e. The second kappa shape index (κ2) is 10.1. The van der Waals surface area contributed by atoms with Gasteiger partial charge in [-0.1, -0.05) is 61.4 Å². The van der Waals surface area contributed by atoms with Gasteiger partial charge in [0.1, 0.15) is 6.04 Å². The van der Waals surface area contributed by atoms with Crippen LogP contribution < -0.4 is 5.32 Å². The van der Waals surface area contributed by atoms with Crippen molar-refractivity contribution in [1.82, 2.24) is 20.0 Å². The van der Waals surface area contributed by atoms with E-state index in [1.807, 2.05) is 65.0 Å². The summed E-state index contributed by atoms with van der Waals surface area (Å²) in [7, 11) is 0. The van der Waals surface area contributed by atoms with Gasteiger partial charge in [-0.3, -0.25) is 14.3 Å². The standard InChI is InChI=1S/C29H34N4O2/c1-20-25(21(2)32(31-20)19-22-11-5-3-6-12-22)18-30-28(34)27-17-24-15-9-10-16-26(24)33(27)29(35)23-13-7-4-8-14-23/h3-8,11-14,24,26-27H,9-10,15-19H2,1-2H3,(H,30,34). The Morgan fingerprint density at radius 1 is 0.971 bits per heavy atom. The molecule has 1 saturated carbocycles. The number of hydrogen-bond donors (Lipinski definition) is 1. The predicted octanol–water partition coefficient (Wildman–Crippen LogP) is 4.64. The molecule has 2 heterocycles. The molecule has 2 fully saturated rings. The van der Waals surface area contributed by atoms with Crippen LogP contribution in [0.1, 0.15) is 65.0 Å². The Labute approximate surface area is 207 Å². The van der Waals surface area contributed by atoms with E-state index in [-0.39, 0.29) is 17.9 Å². The van der Waals surface area contributed by atoms with Gasteiger partial charge in [0.2, 0.25) is 5.91 Å². The predicted molar refractivity (Wildman–Crippen MR) is 136 cm³/mol. The van der Waals surface area contributed by atoms with Crippen LogP contribution in [0.25, 0.3) is 0 Å². The molecule has 1 aliphatic heterocycles. The van der Waals surface area contributed by atoms with Crippen LogP contribution in [0.15, 0.2) is 60.7 Å². The third-order valence-electron chi connectivity index (χ3n) is 7.79. The number of aryl methyl sites for hydroxylation is 1. The van der Waals surface area contributed by atoms with Crippen molar-refractivity contribution in [1.29, 1.82) is 0 Å². The molecule has 182 valence electrons. The van der Waals surface area contributed by atoms with Gasteiger partial charge in [0.05, 0.1) is 12.2 Å². The van der Waals surface area contributed by atoms with Gasteiger partial charge in [-0.25, -0.2) is 0 Å². The second-order valence-corrected chi connectivity index (χ2v) is 9.95. The third-order valence-corrected chi connectivity index (χ3v) is 7.79. The lowest BCUT2D eigenvalue weighted by atomic mass is 9.84. The summed E-state index contributed by atoms with van der Waals surface area (Å²) in [4.78, 5) is 28.9. The average molecular weight is 471 g/mol. The molecule has 2 amide bonds. The first-order valence-electron chi connectivity index (χ1n) is 12.7. The Bertz CT molecular complexity index is 1190. The smallest absolute Gasteiger partial charge is 0.254 e. The third kappa shape index (κ3) is 4.75. The minimum atomic E-state index is -0.421. The molecule has 1 aliphatic carbocycles. The molecule has 3 aromatic rings. The van der Waals surface area contributed by atoms with Gasteiger partial charge >= 0.3 is 0 Å². The quantitative estimate of drug-likeness (QED) is 0.571. The number of carbonyl (C=O) groups excluding carboxylic acids is 2. The normalized spacial score (nSPS) is 21.5. The fraction of sp³-hybridized carbons (Fsp3) is 0.414. The van der Waals surface area contributed by atoms with Crippen LogP contribution in [0.5, 0.6) is 0 Å². The summed E-state index contributed by atoms with van der Waals surface area (Å²) in [5.74, 6) is 0.325. The summed E-state index contributed by atoms with van der Waals surface area (Å²) in [6.07, 6.45) is 5.13. The summed E-state index contributed by atoms with van der Waals surface area (Å²) >= 11 is 0. The van der Waals surface area contributed by atoms with E-state index in [1.165, 1.54) is 12.0 Å². The number of fused-ring (bicyclic) bond motifs is 1. The average Bonchev–Trinajstić information content (AvgIpc) is 3.40. The number of carbonyl (C=O) groups is 2. The van der Waals surface area contributed by atoms with E-state index in [0.29, 0.717) is 24.6 Å². The molecule has 5 rings (SSSR count). The molecule has 6 heteroatoms. The molecular formula is C29H34N4O2. The van der Waals surface area contributed by atoms with E-state index in [2.05, 4.69) is 24.4 Å². The van der Waals surface area contributed by atoms with Crippen LogP contribution in [0.4, 0.5) is 0 Å². The zero-order valence-corrected chi connectivity index (χ0v) is 20.6. The van der Waals surface area contributed by atoms with Crippen molar-refractivity contribution in [2.24, 2.45) is 5.92 Å². The molecule has 0 radical (unpaired) electrons. The van der Waals surface area contributed by atoms with Crippen molar-refractivity contribution in [2.75, 3.05) is 0 Å². The van der Waals surface area contributed by atoms with Gasteiger partial charge < -0.3 is 10.2 Å². The molecule has 3 unspecified atom stereocenters. The molecule has 0 bridgehead atoms. The van der Waals surface area contributed by atoms with Gasteiger partial charge in [0.25, 0.3) is 5.91 Å². The molecule has 1 N–H and O–H groups in total. The summed E-state index contributed by atoms with van der Waals surface area (Å²) in [5, 5.41) is 7.88. The van der Waals surface area contributed by atoms with Crippen LogP contribution in [0, 0.1) is 19.8 Å². The minimum Gasteiger partial charge on any atom is -0.350 e. The molecule has 35 heavy (non-hydrogen) atoms. The lowest BCUT2D eigenvalue weighted by Crippen LogP contribution is -2.49. The number of nitrogens with one attached hydrogen (secondary N) is 1. The van der Waals surface area contributed by atoms with Crippen molar-refractivity contribution in [2.45, 2.75) is 71.1 Å². The molecular weight excluding hydrogens is 436 g/mol. The van der Waals surface area contributed by atoms with Gasteiger partial charge in [-0.05, 0) is 56.7 Å². The lowest BCUT2D eigenvalue weighted by molar-refractivity contribution is -0.125. The number of hydrogen-bond acceptors (Lipinski definition) is 3. The highest BCUT2D eigenvalue weighted by molar-refractivity contribution is 5.98. The maximum Gasteiger partial charge on any atom is 0.254 e. The van der Waals surface area contributed by atoms with Crippen molar-refractivity contribution >= 4 is 11.8 Å². The number of aromatic nitrogens is 2. The fourth-order valence-electron chi connectivity index (χ4n) is 5.91. The molecule has 1 aromatic heterocycles. The Morgan fingerprint density at radius 2 is 1.66 bits per heavy atom. The van der Waals surface area contributed by atoms with Crippen molar-refractivity contribution in [3.8, 4) is 0 Å². The number of benzene rings is 2. The highest BCUT2D eigenvalue weighted by Gasteiger charge is 2.47. The summed E-state index contributed by atoms with van der Waals surface area (Å²) in [5.41, 5.74) is 4.88. The monoisotopic (exact) mass is 470 g/mol. The van der Waals surface area contributed by atoms with Gasteiger partial charge in [0.15, 0.2) is 0 Å². The van der Waals surface area contributed by atoms with E-state index < -0.39 is 6.04 Å². The highest BCUT2D eigenvalue weighted by Crippen LogP contribution is 2.40. The van der Waals surface area contributed by atoms with E-state index in [1.54, 1.807) is 0 Å². The van der Waals surface area contributed by atoms with E-state index >= 15 is 0 Å². The van der Waals surface area contributed by atoms with Gasteiger partial charge in [-0.15, -0.1) is 0 Å². The van der Waals surface area contributed by atoms with Gasteiger partial charge in [-0.2, -0.15) is 5.10 Å². The van der Waals surface area contributed by atoms with Crippen LogP contribution in [0.2, 0.25) is 0 Å². The summed E-state index contributed by atoms with van der Waals surface area (Å²) in [6, 6.07) is 19.4. The maximum atomic E-state index is 13.5. The fourth-order valence-corrected chi connectivity index (χ4v) is 5.91. The number of rotatable bonds is 6. The SMILES string of the molecule is Cc1nn(Cc2ccccc2)c(C)c1CNC(=O)C1CC2CCCCC2N1C(=O)c1ccccc1. The topological polar surface area (TPSA) is 67.2 Å². The first-order valence-corrected chi connectivity index (χ1v) is 12.7. The number of likely N-dealkylation sites (tertiary alicyclic amines) is 1. The molecule has 1 saturated heterocycles. The van der Waals surface area contributed by atoms with E-state index in [4.69, 9.17) is 5.10 Å². The molecule has 2 aliphatic rings. The first-order chi connectivity index (χ1) is 17.0. The van der Waals surface area contributed by atoms with Crippen LogP contribution in [-0.4, -0.2) is 38.6 Å². The first kappa shape index (κ1) is 23.3. The Kier molecular flexibility index (Phi) is 6.71. The molecule has 2 aromatic carbocycles. The maximum absolute atomic E-state index is 13.5. The van der Waals surface area contributed by atoms with Crippen LogP contribution in [0.3, 0.4) is 0 Å². The Morgan fingerprint density at radius 3 is 2.40 bits per heavy atom. The number of amides is 2. The molecule has 3 atom stereocenters. The molecule has 6 nitrogen and oxygen atoms in total. The minimum absolute atomic E-state index is 0.0248. The summed E-state index contributed by atoms with van der Waals surface area (Å²) in [6.45, 7) is 5.17. The zero-order chi connectivity index (χ0) is 24.4. The Balaban J connectivity index is 1.32.